The van der Waals surface area contributed by atoms with Crippen LogP contribution in [-0.2, 0) is 49.3 Å². The zero-order valence-corrected chi connectivity index (χ0v) is 32.4. The topological polar surface area (TPSA) is 223 Å². The molecule has 8 atom stereocenters. The molecule has 2 bridgehead atoms. The van der Waals surface area contributed by atoms with Gasteiger partial charge in [0.15, 0.2) is 6.10 Å². The van der Waals surface area contributed by atoms with Crippen molar-refractivity contribution in [2.24, 2.45) is 5.92 Å². The molecule has 1 aromatic rings. The average Bonchev–Trinajstić information content (AvgIpc) is 3.35. The first kappa shape index (κ1) is 45.5. The normalized spacial score (nSPS) is 26.8. The summed E-state index contributed by atoms with van der Waals surface area (Å²) in [5.74, 6) is -11.2. The molecule has 3 rings (SSSR count). The van der Waals surface area contributed by atoms with Crippen LogP contribution >= 0.6 is 0 Å². The number of benzene rings is 1. The van der Waals surface area contributed by atoms with Crippen LogP contribution < -0.4 is 0 Å². The van der Waals surface area contributed by atoms with E-state index in [0.717, 1.165) is 31.2 Å². The summed E-state index contributed by atoms with van der Waals surface area (Å²) >= 11 is 0. The average molecular weight is 777 g/mol. The SMILES string of the molecule is C=C(CC[C@@]12O[C@H](C(=O)O)[C@@](O)(C(=O)O)[C@@](C(=O)O)(O1)[C@H](OC(=O)CCCCCCCCCCCCCCC)[C@H]2O)C(OC(C)=O)C(C)Cc1ccccc1. The lowest BCUT2D eigenvalue weighted by atomic mass is 9.74. The van der Waals surface area contributed by atoms with Crippen molar-refractivity contribution in [1.82, 2.24) is 0 Å². The highest BCUT2D eigenvalue weighted by Crippen LogP contribution is 2.56. The van der Waals surface area contributed by atoms with Crippen LogP contribution in [0.2, 0.25) is 0 Å². The number of carboxylic acids is 3. The van der Waals surface area contributed by atoms with Crippen LogP contribution in [0.4, 0.5) is 0 Å². The van der Waals surface area contributed by atoms with Crippen molar-refractivity contribution in [3.63, 3.8) is 0 Å². The molecular formula is C41H60O14. The van der Waals surface area contributed by atoms with Gasteiger partial charge in [0.2, 0.25) is 23.1 Å². The van der Waals surface area contributed by atoms with Crippen LogP contribution in [0.25, 0.3) is 0 Å². The number of fused-ring (bicyclic) bond motifs is 2. The summed E-state index contributed by atoms with van der Waals surface area (Å²) in [6.07, 6.45) is 4.81. The molecule has 2 unspecified atom stereocenters. The molecule has 14 nitrogen and oxygen atoms in total. The second-order valence-corrected chi connectivity index (χ2v) is 15.1. The van der Waals surface area contributed by atoms with Gasteiger partial charge in [0.1, 0.15) is 12.2 Å². The maximum absolute atomic E-state index is 13.2. The van der Waals surface area contributed by atoms with Crippen molar-refractivity contribution >= 4 is 29.8 Å². The van der Waals surface area contributed by atoms with Gasteiger partial charge in [-0.05, 0) is 30.4 Å². The van der Waals surface area contributed by atoms with Crippen LogP contribution in [-0.4, -0.2) is 96.8 Å². The van der Waals surface area contributed by atoms with E-state index in [9.17, 15) is 49.5 Å². The quantitative estimate of drug-likeness (QED) is 0.0430. The minimum atomic E-state index is -3.87. The third-order valence-corrected chi connectivity index (χ3v) is 10.8. The smallest absolute Gasteiger partial charge is 0.344 e. The van der Waals surface area contributed by atoms with Crippen LogP contribution in [0.5, 0.6) is 0 Å². The van der Waals surface area contributed by atoms with E-state index in [1.807, 2.05) is 37.3 Å². The van der Waals surface area contributed by atoms with E-state index in [1.54, 1.807) is 0 Å². The lowest BCUT2D eigenvalue weighted by Crippen LogP contribution is -2.78. The maximum Gasteiger partial charge on any atom is 0.344 e. The number of ether oxygens (including phenoxy) is 4. The van der Waals surface area contributed by atoms with E-state index in [1.165, 1.54) is 51.9 Å². The number of hydrogen-bond donors (Lipinski definition) is 5. The van der Waals surface area contributed by atoms with E-state index < -0.39 is 77.7 Å². The minimum absolute atomic E-state index is 0.221. The third kappa shape index (κ3) is 10.9. The van der Waals surface area contributed by atoms with Crippen molar-refractivity contribution in [2.75, 3.05) is 0 Å². The summed E-state index contributed by atoms with van der Waals surface area (Å²) in [5.41, 5.74) is -6.17. The number of hydrogen-bond acceptors (Lipinski definition) is 11. The molecule has 2 heterocycles. The number of carbonyl (C=O) groups is 5. The lowest BCUT2D eigenvalue weighted by Gasteiger charge is -2.48. The van der Waals surface area contributed by atoms with Crippen molar-refractivity contribution < 1.29 is 68.5 Å². The molecule has 14 heteroatoms. The van der Waals surface area contributed by atoms with Crippen molar-refractivity contribution in [1.29, 1.82) is 0 Å². The summed E-state index contributed by atoms with van der Waals surface area (Å²) in [7, 11) is 0. The lowest BCUT2D eigenvalue weighted by molar-refractivity contribution is -0.374. The molecule has 0 radical (unpaired) electrons. The molecule has 5 N–H and O–H groups in total. The number of unbranched alkanes of at least 4 members (excludes halogenated alkanes) is 12. The molecule has 0 spiro atoms. The Morgan fingerprint density at radius 2 is 1.38 bits per heavy atom. The standard InChI is InChI=1S/C41H60O14/c1-5-6-7-8-9-10-11-12-13-14-15-16-20-23-31(43)53-34-33(44)39(54-35(36(45)46)40(51,37(47)48)41(34,55-39)38(49)50)25-24-27(2)32(52-29(4)42)28(3)26-30-21-18-17-19-22-30/h17-19,21-22,28,32-35,44,51H,2,5-16,20,23-26H2,1,3-4H3,(H,45,46)(H,47,48)(H,49,50)/t28?,32?,33-,34-,35-,39-,40-,41-/m1/s1. The van der Waals surface area contributed by atoms with E-state index in [4.69, 9.17) is 18.9 Å². The Balaban J connectivity index is 1.75. The fourth-order valence-electron chi connectivity index (χ4n) is 7.78. The first-order valence-electron chi connectivity index (χ1n) is 19.6. The van der Waals surface area contributed by atoms with Crippen molar-refractivity contribution in [3.8, 4) is 0 Å². The Labute approximate surface area is 323 Å². The number of aliphatic hydroxyl groups is 2. The first-order chi connectivity index (χ1) is 26.1. The Kier molecular flexibility index (Phi) is 17.3. The highest BCUT2D eigenvalue weighted by Gasteiger charge is 2.85. The van der Waals surface area contributed by atoms with E-state index in [0.29, 0.717) is 19.3 Å². The predicted octanol–water partition coefficient (Wildman–Crippen LogP) is 5.74. The number of esters is 2. The molecule has 0 aromatic heterocycles. The first-order valence-corrected chi connectivity index (χ1v) is 19.6. The van der Waals surface area contributed by atoms with Crippen LogP contribution in [0, 0.1) is 5.92 Å². The van der Waals surface area contributed by atoms with Crippen molar-refractivity contribution in [2.45, 2.75) is 171 Å². The molecule has 0 aliphatic carbocycles. The Morgan fingerprint density at radius 3 is 1.87 bits per heavy atom. The zero-order chi connectivity index (χ0) is 40.8. The largest absolute Gasteiger partial charge is 0.479 e. The zero-order valence-electron chi connectivity index (χ0n) is 32.4. The van der Waals surface area contributed by atoms with Gasteiger partial charge in [-0.15, -0.1) is 0 Å². The Bertz CT molecular complexity index is 1460. The van der Waals surface area contributed by atoms with Gasteiger partial charge in [-0.3, -0.25) is 9.59 Å². The summed E-state index contributed by atoms with van der Waals surface area (Å²) in [6.45, 7) is 9.27. The summed E-state index contributed by atoms with van der Waals surface area (Å²) in [6, 6.07) is 9.34. The van der Waals surface area contributed by atoms with Crippen LogP contribution in [0.3, 0.4) is 0 Å². The van der Waals surface area contributed by atoms with Gasteiger partial charge in [-0.2, -0.15) is 0 Å². The highest BCUT2D eigenvalue weighted by molar-refractivity contribution is 5.98. The highest BCUT2D eigenvalue weighted by atomic mass is 16.8. The van der Waals surface area contributed by atoms with E-state index >= 15 is 0 Å². The number of rotatable bonds is 26. The third-order valence-electron chi connectivity index (χ3n) is 10.8. The summed E-state index contributed by atoms with van der Waals surface area (Å²) in [5, 5.41) is 53.9. The summed E-state index contributed by atoms with van der Waals surface area (Å²) in [4.78, 5) is 63.4. The minimum Gasteiger partial charge on any atom is -0.479 e. The van der Waals surface area contributed by atoms with E-state index in [2.05, 4.69) is 13.5 Å². The van der Waals surface area contributed by atoms with Gasteiger partial charge >= 0.3 is 29.8 Å². The number of aliphatic hydroxyl groups excluding tert-OH is 1. The van der Waals surface area contributed by atoms with Gasteiger partial charge in [-0.1, -0.05) is 128 Å². The molecule has 308 valence electrons. The molecular weight excluding hydrogens is 716 g/mol. The summed E-state index contributed by atoms with van der Waals surface area (Å²) < 4.78 is 22.3. The van der Waals surface area contributed by atoms with Crippen LogP contribution in [0.15, 0.2) is 42.5 Å². The van der Waals surface area contributed by atoms with Gasteiger partial charge in [0.05, 0.1) is 0 Å². The second kappa shape index (κ2) is 20.9. The number of carboxylic acid groups (broad SMARTS) is 3. The van der Waals surface area contributed by atoms with E-state index in [-0.39, 0.29) is 24.3 Å². The fourth-order valence-corrected chi connectivity index (χ4v) is 7.78. The fraction of sp³-hybridized carbons (Fsp3) is 0.683. The number of carbonyl (C=O) groups excluding carboxylic acids is 2. The Morgan fingerprint density at radius 1 is 0.836 bits per heavy atom. The van der Waals surface area contributed by atoms with Gasteiger partial charge < -0.3 is 44.5 Å². The van der Waals surface area contributed by atoms with Gasteiger partial charge in [-0.25, -0.2) is 14.4 Å². The van der Waals surface area contributed by atoms with Gasteiger partial charge in [0, 0.05) is 25.7 Å². The monoisotopic (exact) mass is 776 g/mol. The van der Waals surface area contributed by atoms with Crippen molar-refractivity contribution in [3.05, 3.63) is 48.0 Å². The maximum atomic E-state index is 13.2. The van der Waals surface area contributed by atoms with Crippen LogP contribution in [0.1, 0.15) is 129 Å². The predicted molar refractivity (Wildman–Crippen MR) is 199 cm³/mol. The molecule has 0 saturated carbocycles. The Hall–Kier alpha value is -3.85. The molecule has 2 saturated heterocycles. The second-order valence-electron chi connectivity index (χ2n) is 15.1. The molecule has 1 aromatic carbocycles. The molecule has 2 aliphatic rings. The molecule has 2 fully saturated rings. The van der Waals surface area contributed by atoms with Gasteiger partial charge in [0.25, 0.3) is 0 Å². The molecule has 55 heavy (non-hydrogen) atoms. The number of aliphatic carboxylic acids is 3. The molecule has 2 aliphatic heterocycles. The molecule has 0 amide bonds.